The highest BCUT2D eigenvalue weighted by Gasteiger charge is 2.36. The third-order valence-corrected chi connectivity index (χ3v) is 3.45. The molecule has 7 heteroatoms. The highest BCUT2D eigenvalue weighted by molar-refractivity contribution is 6.09. The molecule has 1 aliphatic heterocycles. The van der Waals surface area contributed by atoms with Crippen LogP contribution in [0.1, 0.15) is 17.2 Å². The first-order valence-electron chi connectivity index (χ1n) is 6.25. The van der Waals surface area contributed by atoms with Crippen molar-refractivity contribution in [2.75, 3.05) is 4.90 Å². The van der Waals surface area contributed by atoms with Crippen molar-refractivity contribution in [1.82, 2.24) is 0 Å². The Kier molecular flexibility index (Phi) is 4.17. The summed E-state index contributed by atoms with van der Waals surface area (Å²) in [7, 11) is 0. The summed E-state index contributed by atoms with van der Waals surface area (Å²) in [4.78, 5) is 13.6. The van der Waals surface area contributed by atoms with Crippen molar-refractivity contribution in [2.24, 2.45) is 5.73 Å². The Hall–Kier alpha value is -2.05. The Morgan fingerprint density at radius 3 is 2.18 bits per heavy atom. The molecule has 1 heterocycles. The van der Waals surface area contributed by atoms with E-state index >= 15 is 0 Å². The molecule has 116 valence electrons. The van der Waals surface area contributed by atoms with Crippen LogP contribution in [0.15, 0.2) is 48.5 Å². The molecule has 0 aromatic heterocycles. The van der Waals surface area contributed by atoms with Crippen LogP contribution in [0.4, 0.5) is 24.5 Å². The van der Waals surface area contributed by atoms with Gasteiger partial charge in [-0.25, -0.2) is 0 Å². The summed E-state index contributed by atoms with van der Waals surface area (Å²) < 4.78 is 37.7. The molecule has 1 unspecified atom stereocenters. The van der Waals surface area contributed by atoms with Crippen molar-refractivity contribution in [1.29, 1.82) is 0 Å². The van der Waals surface area contributed by atoms with Crippen LogP contribution in [0.25, 0.3) is 0 Å². The number of hydrogen-bond acceptors (Lipinski definition) is 2. The van der Waals surface area contributed by atoms with Crippen molar-refractivity contribution < 1.29 is 18.0 Å². The monoisotopic (exact) mass is 328 g/mol. The zero-order chi connectivity index (χ0) is 15.2. The van der Waals surface area contributed by atoms with E-state index < -0.39 is 17.8 Å². The van der Waals surface area contributed by atoms with Gasteiger partial charge in [0.15, 0.2) is 0 Å². The van der Waals surface area contributed by atoms with Gasteiger partial charge in [-0.3, -0.25) is 9.69 Å². The van der Waals surface area contributed by atoms with E-state index in [9.17, 15) is 18.0 Å². The number of rotatable bonds is 1. The van der Waals surface area contributed by atoms with Gasteiger partial charge in [0.05, 0.1) is 11.3 Å². The molecule has 0 saturated heterocycles. The Bertz CT molecular complexity index is 701. The molecule has 0 spiro atoms. The van der Waals surface area contributed by atoms with Gasteiger partial charge in [-0.2, -0.15) is 13.2 Å². The van der Waals surface area contributed by atoms with Gasteiger partial charge < -0.3 is 5.73 Å². The van der Waals surface area contributed by atoms with Crippen molar-refractivity contribution >= 4 is 29.7 Å². The summed E-state index contributed by atoms with van der Waals surface area (Å²) in [6, 6.07) is 10.6. The van der Waals surface area contributed by atoms with Gasteiger partial charge in [0.2, 0.25) is 0 Å². The zero-order valence-corrected chi connectivity index (χ0v) is 12.0. The first-order chi connectivity index (χ1) is 9.89. The molecule has 0 radical (unpaired) electrons. The van der Waals surface area contributed by atoms with Crippen LogP contribution < -0.4 is 10.6 Å². The topological polar surface area (TPSA) is 46.3 Å². The first kappa shape index (κ1) is 16.3. The quantitative estimate of drug-likeness (QED) is 0.865. The van der Waals surface area contributed by atoms with E-state index in [1.807, 2.05) is 0 Å². The Morgan fingerprint density at radius 2 is 1.59 bits per heavy atom. The maximum absolute atomic E-state index is 12.6. The SMILES string of the molecule is Cl.NC1C(=O)N(c2ccc(C(F)(F)F)cc2)c2ccccc21. The lowest BCUT2D eigenvalue weighted by atomic mass is 10.1. The fraction of sp³-hybridized carbons (Fsp3) is 0.133. The zero-order valence-electron chi connectivity index (χ0n) is 11.2. The number of carbonyl (C=O) groups is 1. The fourth-order valence-corrected chi connectivity index (χ4v) is 2.41. The molecule has 0 fully saturated rings. The largest absolute Gasteiger partial charge is 0.416 e. The van der Waals surface area contributed by atoms with Crippen LogP contribution in [-0.2, 0) is 11.0 Å². The maximum atomic E-state index is 12.6. The van der Waals surface area contributed by atoms with Crippen LogP contribution in [0.5, 0.6) is 0 Å². The Balaban J connectivity index is 0.00000176. The molecule has 1 aliphatic rings. The van der Waals surface area contributed by atoms with E-state index in [1.165, 1.54) is 17.0 Å². The van der Waals surface area contributed by atoms with E-state index in [1.54, 1.807) is 24.3 Å². The van der Waals surface area contributed by atoms with Gasteiger partial charge in [0.1, 0.15) is 6.04 Å². The van der Waals surface area contributed by atoms with Crippen molar-refractivity contribution in [3.8, 4) is 0 Å². The van der Waals surface area contributed by atoms with Gasteiger partial charge in [-0.1, -0.05) is 18.2 Å². The van der Waals surface area contributed by atoms with Gasteiger partial charge in [-0.05, 0) is 30.3 Å². The second kappa shape index (κ2) is 5.62. The lowest BCUT2D eigenvalue weighted by Gasteiger charge is -2.18. The highest BCUT2D eigenvalue weighted by atomic mass is 35.5. The molecule has 2 N–H and O–H groups in total. The maximum Gasteiger partial charge on any atom is 0.416 e. The van der Waals surface area contributed by atoms with Crippen LogP contribution in [0.3, 0.4) is 0 Å². The Labute approximate surface area is 130 Å². The second-order valence-electron chi connectivity index (χ2n) is 4.75. The number of hydrogen-bond donors (Lipinski definition) is 1. The van der Waals surface area contributed by atoms with Crippen molar-refractivity contribution in [3.05, 3.63) is 59.7 Å². The summed E-state index contributed by atoms with van der Waals surface area (Å²) in [5.74, 6) is -0.351. The lowest BCUT2D eigenvalue weighted by Crippen LogP contribution is -2.27. The average molecular weight is 329 g/mol. The third-order valence-electron chi connectivity index (χ3n) is 3.45. The van der Waals surface area contributed by atoms with Crippen molar-refractivity contribution in [2.45, 2.75) is 12.2 Å². The van der Waals surface area contributed by atoms with Gasteiger partial charge in [0, 0.05) is 11.3 Å². The van der Waals surface area contributed by atoms with Gasteiger partial charge in [-0.15, -0.1) is 12.4 Å². The molecule has 0 saturated carbocycles. The number of fused-ring (bicyclic) bond motifs is 1. The van der Waals surface area contributed by atoms with E-state index in [0.29, 0.717) is 16.9 Å². The number of carbonyl (C=O) groups excluding carboxylic acids is 1. The minimum atomic E-state index is -4.40. The van der Waals surface area contributed by atoms with E-state index in [4.69, 9.17) is 5.73 Å². The predicted octanol–water partition coefficient (Wildman–Crippen LogP) is 3.81. The van der Waals surface area contributed by atoms with Gasteiger partial charge in [0.25, 0.3) is 5.91 Å². The number of para-hydroxylation sites is 1. The molecule has 2 aromatic carbocycles. The number of nitrogens with two attached hydrogens (primary N) is 1. The summed E-state index contributed by atoms with van der Waals surface area (Å²) in [6.45, 7) is 0. The number of nitrogens with zero attached hydrogens (tertiary/aromatic N) is 1. The average Bonchev–Trinajstić information content (AvgIpc) is 2.71. The van der Waals surface area contributed by atoms with E-state index in [0.717, 1.165) is 12.1 Å². The van der Waals surface area contributed by atoms with Crippen LogP contribution in [0, 0.1) is 0 Å². The molecule has 1 amide bonds. The molecular weight excluding hydrogens is 317 g/mol. The molecule has 22 heavy (non-hydrogen) atoms. The highest BCUT2D eigenvalue weighted by Crippen LogP contribution is 2.40. The van der Waals surface area contributed by atoms with Gasteiger partial charge >= 0.3 is 6.18 Å². The Morgan fingerprint density at radius 1 is 1.00 bits per heavy atom. The number of amides is 1. The fourth-order valence-electron chi connectivity index (χ4n) is 2.41. The normalized spacial score (nSPS) is 17.2. The summed E-state index contributed by atoms with van der Waals surface area (Å²) in [5.41, 5.74) is 6.74. The second-order valence-corrected chi connectivity index (χ2v) is 4.75. The summed E-state index contributed by atoms with van der Waals surface area (Å²) >= 11 is 0. The predicted molar refractivity (Wildman–Crippen MR) is 79.2 cm³/mol. The molecule has 3 nitrogen and oxygen atoms in total. The molecular formula is C15H12ClF3N2O. The first-order valence-corrected chi connectivity index (χ1v) is 6.25. The summed E-state index contributed by atoms with van der Waals surface area (Å²) in [6.07, 6.45) is -4.40. The number of anilines is 2. The minimum absolute atomic E-state index is 0. The number of alkyl halides is 3. The smallest absolute Gasteiger partial charge is 0.316 e. The van der Waals surface area contributed by atoms with E-state index in [-0.39, 0.29) is 18.3 Å². The molecule has 3 rings (SSSR count). The molecule has 0 bridgehead atoms. The number of halogens is 4. The number of benzene rings is 2. The van der Waals surface area contributed by atoms with Crippen LogP contribution in [0.2, 0.25) is 0 Å². The van der Waals surface area contributed by atoms with Crippen LogP contribution >= 0.6 is 12.4 Å². The summed E-state index contributed by atoms with van der Waals surface area (Å²) in [5, 5.41) is 0. The molecule has 2 aromatic rings. The van der Waals surface area contributed by atoms with Crippen molar-refractivity contribution in [3.63, 3.8) is 0 Å². The lowest BCUT2D eigenvalue weighted by molar-refractivity contribution is -0.137. The molecule has 1 atom stereocenters. The third kappa shape index (κ3) is 2.55. The van der Waals surface area contributed by atoms with E-state index in [2.05, 4.69) is 0 Å². The standard InChI is InChI=1S/C15H11F3N2O.ClH/c16-15(17,18)9-5-7-10(8-6-9)20-12-4-2-1-3-11(12)13(19)14(20)21;/h1-8,13H,19H2;1H. The molecule has 0 aliphatic carbocycles. The minimum Gasteiger partial charge on any atom is -0.316 e. The van der Waals surface area contributed by atoms with Crippen LogP contribution in [-0.4, -0.2) is 5.91 Å².